The summed E-state index contributed by atoms with van der Waals surface area (Å²) in [5, 5.41) is 23.0. The molecule has 0 bridgehead atoms. The average molecular weight is 217 g/mol. The van der Waals surface area contributed by atoms with E-state index in [4.69, 9.17) is 4.74 Å². The van der Waals surface area contributed by atoms with Gasteiger partial charge in [-0.2, -0.15) is 0 Å². The molecular formula is C11H23NO3. The van der Waals surface area contributed by atoms with Crippen molar-refractivity contribution in [2.24, 2.45) is 0 Å². The van der Waals surface area contributed by atoms with Crippen molar-refractivity contribution in [2.75, 3.05) is 26.3 Å². The summed E-state index contributed by atoms with van der Waals surface area (Å²) in [7, 11) is 0. The van der Waals surface area contributed by atoms with Crippen LogP contribution in [0.4, 0.5) is 0 Å². The molecule has 1 heterocycles. The van der Waals surface area contributed by atoms with Gasteiger partial charge in [0.05, 0.1) is 11.2 Å². The van der Waals surface area contributed by atoms with E-state index in [-0.39, 0.29) is 0 Å². The van der Waals surface area contributed by atoms with Gasteiger partial charge in [-0.15, -0.1) is 0 Å². The molecule has 1 saturated heterocycles. The lowest BCUT2D eigenvalue weighted by atomic mass is 9.94. The van der Waals surface area contributed by atoms with E-state index < -0.39 is 11.2 Å². The van der Waals surface area contributed by atoms with Gasteiger partial charge >= 0.3 is 0 Å². The molecule has 1 aliphatic heterocycles. The Labute approximate surface area is 91.6 Å². The Hall–Kier alpha value is -0.160. The topological polar surface area (TPSA) is 61.7 Å². The quantitative estimate of drug-likeness (QED) is 0.619. The molecule has 0 spiro atoms. The Morgan fingerprint density at radius 3 is 2.53 bits per heavy atom. The Morgan fingerprint density at radius 1 is 1.40 bits per heavy atom. The largest absolute Gasteiger partial charge is 0.389 e. The number of nitrogens with one attached hydrogen (secondary N) is 1. The van der Waals surface area contributed by atoms with Crippen LogP contribution in [-0.2, 0) is 4.74 Å². The fourth-order valence-corrected chi connectivity index (χ4v) is 1.62. The number of aliphatic hydroxyl groups is 2. The van der Waals surface area contributed by atoms with Crippen LogP contribution in [0.5, 0.6) is 0 Å². The van der Waals surface area contributed by atoms with Crippen LogP contribution in [0.3, 0.4) is 0 Å². The molecule has 0 aliphatic carbocycles. The van der Waals surface area contributed by atoms with Gasteiger partial charge in [0.25, 0.3) is 0 Å². The lowest BCUT2D eigenvalue weighted by molar-refractivity contribution is -0.0640. The fraction of sp³-hybridized carbons (Fsp3) is 1.00. The molecule has 4 nitrogen and oxygen atoms in total. The lowest BCUT2D eigenvalue weighted by Gasteiger charge is -2.33. The highest BCUT2D eigenvalue weighted by Crippen LogP contribution is 2.19. The van der Waals surface area contributed by atoms with Gasteiger partial charge in [0.2, 0.25) is 0 Å². The van der Waals surface area contributed by atoms with Gasteiger partial charge in [-0.3, -0.25) is 0 Å². The second-order valence-corrected chi connectivity index (χ2v) is 4.79. The van der Waals surface area contributed by atoms with E-state index in [0.717, 1.165) is 0 Å². The van der Waals surface area contributed by atoms with Crippen molar-refractivity contribution in [3.63, 3.8) is 0 Å². The van der Waals surface area contributed by atoms with Gasteiger partial charge in [-0.05, 0) is 13.3 Å². The van der Waals surface area contributed by atoms with Gasteiger partial charge in [0.15, 0.2) is 0 Å². The van der Waals surface area contributed by atoms with E-state index in [2.05, 4.69) is 5.32 Å². The smallest absolute Gasteiger partial charge is 0.0815 e. The van der Waals surface area contributed by atoms with Crippen LogP contribution in [0.2, 0.25) is 0 Å². The Kier molecular flexibility index (Phi) is 4.52. The van der Waals surface area contributed by atoms with E-state index in [1.54, 1.807) is 6.92 Å². The fourth-order valence-electron chi connectivity index (χ4n) is 1.62. The standard InChI is InChI=1S/C11H23NO3/c1-3-10(2,13)8-12-9-11(14)4-6-15-7-5-11/h12-14H,3-9H2,1-2H3. The lowest BCUT2D eigenvalue weighted by Crippen LogP contribution is -2.48. The van der Waals surface area contributed by atoms with Crippen molar-refractivity contribution >= 4 is 0 Å². The third-order valence-electron chi connectivity index (χ3n) is 3.15. The van der Waals surface area contributed by atoms with E-state index in [1.807, 2.05) is 6.92 Å². The molecule has 15 heavy (non-hydrogen) atoms. The van der Waals surface area contributed by atoms with E-state index in [9.17, 15) is 10.2 Å². The number of ether oxygens (including phenoxy) is 1. The third-order valence-corrected chi connectivity index (χ3v) is 3.15. The maximum atomic E-state index is 10.1. The molecule has 4 heteroatoms. The Bertz CT molecular complexity index is 188. The van der Waals surface area contributed by atoms with Crippen LogP contribution in [0.15, 0.2) is 0 Å². The summed E-state index contributed by atoms with van der Waals surface area (Å²) < 4.78 is 5.20. The minimum Gasteiger partial charge on any atom is -0.389 e. The highest BCUT2D eigenvalue weighted by molar-refractivity contribution is 4.85. The van der Waals surface area contributed by atoms with Crippen molar-refractivity contribution in [3.8, 4) is 0 Å². The summed E-state index contributed by atoms with van der Waals surface area (Å²) in [5.74, 6) is 0. The second kappa shape index (κ2) is 5.25. The molecule has 1 atom stereocenters. The van der Waals surface area contributed by atoms with Crippen LogP contribution >= 0.6 is 0 Å². The summed E-state index contributed by atoms with van der Waals surface area (Å²) in [5.41, 5.74) is -1.33. The maximum absolute atomic E-state index is 10.1. The van der Waals surface area contributed by atoms with Crippen molar-refractivity contribution < 1.29 is 14.9 Å². The van der Waals surface area contributed by atoms with E-state index >= 15 is 0 Å². The van der Waals surface area contributed by atoms with Crippen molar-refractivity contribution in [1.29, 1.82) is 0 Å². The summed E-state index contributed by atoms with van der Waals surface area (Å²) in [4.78, 5) is 0. The first kappa shape index (κ1) is 12.9. The summed E-state index contributed by atoms with van der Waals surface area (Å²) in [6, 6.07) is 0. The molecule has 1 aliphatic rings. The van der Waals surface area contributed by atoms with Gasteiger partial charge < -0.3 is 20.3 Å². The Balaban J connectivity index is 2.24. The summed E-state index contributed by atoms with van der Waals surface area (Å²) in [6.45, 7) is 6.06. The van der Waals surface area contributed by atoms with Gasteiger partial charge in [0, 0.05) is 39.1 Å². The normalized spacial score (nSPS) is 24.8. The molecule has 0 aromatic carbocycles. The van der Waals surface area contributed by atoms with Gasteiger partial charge in [0.1, 0.15) is 0 Å². The van der Waals surface area contributed by atoms with Crippen molar-refractivity contribution in [1.82, 2.24) is 5.32 Å². The zero-order valence-electron chi connectivity index (χ0n) is 9.75. The Morgan fingerprint density at radius 2 is 2.00 bits per heavy atom. The maximum Gasteiger partial charge on any atom is 0.0815 e. The van der Waals surface area contributed by atoms with Crippen molar-refractivity contribution in [3.05, 3.63) is 0 Å². The van der Waals surface area contributed by atoms with Crippen LogP contribution in [0, 0.1) is 0 Å². The minimum absolute atomic E-state index is 0.521. The zero-order chi connectivity index (χ0) is 11.4. The first-order chi connectivity index (χ1) is 6.97. The molecule has 0 amide bonds. The molecule has 0 saturated carbocycles. The molecule has 1 fully saturated rings. The minimum atomic E-state index is -0.679. The number of hydrogen-bond acceptors (Lipinski definition) is 4. The second-order valence-electron chi connectivity index (χ2n) is 4.79. The van der Waals surface area contributed by atoms with Gasteiger partial charge in [-0.1, -0.05) is 6.92 Å². The average Bonchev–Trinajstić information content (AvgIpc) is 2.18. The SMILES string of the molecule is CCC(C)(O)CNCC1(O)CCOCC1. The first-order valence-electron chi connectivity index (χ1n) is 5.71. The first-order valence-corrected chi connectivity index (χ1v) is 5.71. The number of rotatable bonds is 5. The van der Waals surface area contributed by atoms with E-state index in [1.165, 1.54) is 0 Å². The predicted molar refractivity (Wildman–Crippen MR) is 58.8 cm³/mol. The zero-order valence-corrected chi connectivity index (χ0v) is 9.75. The monoisotopic (exact) mass is 217 g/mol. The van der Waals surface area contributed by atoms with Crippen LogP contribution < -0.4 is 5.32 Å². The summed E-state index contributed by atoms with van der Waals surface area (Å²) >= 11 is 0. The predicted octanol–water partition coefficient (Wildman–Crippen LogP) is 0.278. The van der Waals surface area contributed by atoms with Crippen LogP contribution in [-0.4, -0.2) is 47.7 Å². The van der Waals surface area contributed by atoms with Crippen molar-refractivity contribution in [2.45, 2.75) is 44.3 Å². The summed E-state index contributed by atoms with van der Waals surface area (Å²) in [6.07, 6.45) is 2.06. The van der Waals surface area contributed by atoms with E-state index in [0.29, 0.717) is 45.6 Å². The van der Waals surface area contributed by atoms with Crippen LogP contribution in [0.25, 0.3) is 0 Å². The third kappa shape index (κ3) is 4.47. The molecule has 90 valence electrons. The molecule has 0 aromatic heterocycles. The molecule has 3 N–H and O–H groups in total. The van der Waals surface area contributed by atoms with Gasteiger partial charge in [-0.25, -0.2) is 0 Å². The van der Waals surface area contributed by atoms with Crippen LogP contribution in [0.1, 0.15) is 33.1 Å². The molecule has 1 unspecified atom stereocenters. The highest BCUT2D eigenvalue weighted by atomic mass is 16.5. The molecule has 1 rings (SSSR count). The molecule has 0 radical (unpaired) electrons. The number of hydrogen-bond donors (Lipinski definition) is 3. The highest BCUT2D eigenvalue weighted by Gasteiger charge is 2.30. The molecular weight excluding hydrogens is 194 g/mol. The molecule has 0 aromatic rings.